The summed E-state index contributed by atoms with van der Waals surface area (Å²) in [4.78, 5) is 19.8. The summed E-state index contributed by atoms with van der Waals surface area (Å²) in [6, 6.07) is 21.7. The number of carbonyl (C=O) groups is 1. The van der Waals surface area contributed by atoms with E-state index >= 15 is 0 Å². The molecule has 3 aromatic carbocycles. The summed E-state index contributed by atoms with van der Waals surface area (Å²) in [5.74, 6) is -0.884. The van der Waals surface area contributed by atoms with E-state index < -0.39 is 23.8 Å². The summed E-state index contributed by atoms with van der Waals surface area (Å²) in [6.07, 6.45) is -1.97. The van der Waals surface area contributed by atoms with Crippen LogP contribution in [-0.4, -0.2) is 31.5 Å². The van der Waals surface area contributed by atoms with Gasteiger partial charge in [-0.15, -0.1) is 0 Å². The second-order valence-corrected chi connectivity index (χ2v) is 12.7. The van der Waals surface area contributed by atoms with Gasteiger partial charge in [0, 0.05) is 41.6 Å². The number of hydrogen-bond acceptors (Lipinski definition) is 5. The Bertz CT molecular complexity index is 1680. The molecule has 0 saturated heterocycles. The Kier molecular flexibility index (Phi) is 11.7. The molecule has 0 bridgehead atoms. The predicted octanol–water partition coefficient (Wildman–Crippen LogP) is 7.54. The average molecular weight is 712 g/mol. The summed E-state index contributed by atoms with van der Waals surface area (Å²) < 4.78 is 44.7. The number of ketones is 1. The van der Waals surface area contributed by atoms with E-state index in [1.807, 2.05) is 30.5 Å². The molecule has 0 aliphatic rings. The highest BCUT2D eigenvalue weighted by Crippen LogP contribution is 2.33. The summed E-state index contributed by atoms with van der Waals surface area (Å²) in [5.41, 5.74) is 8.81. The molecule has 1 heterocycles. The molecule has 1 aromatic heterocycles. The van der Waals surface area contributed by atoms with E-state index in [2.05, 4.69) is 32.3 Å². The molecule has 240 valence electrons. The second-order valence-electron chi connectivity index (χ2n) is 11.4. The number of imidazole rings is 1. The van der Waals surface area contributed by atoms with Crippen molar-refractivity contribution in [3.05, 3.63) is 118 Å². The van der Waals surface area contributed by atoms with Gasteiger partial charge < -0.3 is 20.5 Å². The Morgan fingerprint density at radius 3 is 2.41 bits per heavy atom. The van der Waals surface area contributed by atoms with Crippen LogP contribution >= 0.6 is 28.1 Å². The minimum atomic E-state index is -4.59. The Hall–Kier alpha value is -4.05. The van der Waals surface area contributed by atoms with Crippen molar-refractivity contribution in [2.24, 2.45) is 17.6 Å². The molecule has 12 heteroatoms. The van der Waals surface area contributed by atoms with Gasteiger partial charge in [-0.25, -0.2) is 4.98 Å². The van der Waals surface area contributed by atoms with Crippen LogP contribution in [0, 0.1) is 23.2 Å². The number of anilines is 1. The first-order valence-corrected chi connectivity index (χ1v) is 15.8. The molecule has 1 unspecified atom stereocenters. The van der Waals surface area contributed by atoms with Crippen molar-refractivity contribution in [2.45, 2.75) is 52.1 Å². The highest BCUT2D eigenvalue weighted by molar-refractivity contribution is 9.10. The van der Waals surface area contributed by atoms with Gasteiger partial charge in [-0.1, -0.05) is 60.1 Å². The van der Waals surface area contributed by atoms with Gasteiger partial charge in [-0.3, -0.25) is 4.79 Å². The Morgan fingerprint density at radius 1 is 1.11 bits per heavy atom. The molecule has 3 N–H and O–H groups in total. The number of nitrogens with two attached hydrogens (primary N) is 1. The van der Waals surface area contributed by atoms with Crippen molar-refractivity contribution in [3.8, 4) is 6.07 Å². The van der Waals surface area contributed by atoms with Gasteiger partial charge in [-0.05, 0) is 78.1 Å². The van der Waals surface area contributed by atoms with Crippen LogP contribution in [0.3, 0.4) is 0 Å². The van der Waals surface area contributed by atoms with Gasteiger partial charge in [-0.2, -0.15) is 18.4 Å². The average Bonchev–Trinajstić information content (AvgIpc) is 3.45. The van der Waals surface area contributed by atoms with Crippen molar-refractivity contribution in [3.63, 3.8) is 0 Å². The number of rotatable bonds is 12. The fraction of sp³-hybridized carbons (Fsp3) is 0.294. The van der Waals surface area contributed by atoms with Crippen LogP contribution in [0.1, 0.15) is 48.2 Å². The molecule has 7 nitrogen and oxygen atoms in total. The number of alkyl halides is 3. The largest absolute Gasteiger partial charge is 0.416 e. The quantitative estimate of drug-likeness (QED) is 0.116. The topological polar surface area (TPSA) is 100.0 Å². The zero-order chi connectivity index (χ0) is 33.4. The molecule has 0 aliphatic carbocycles. The van der Waals surface area contributed by atoms with E-state index in [0.29, 0.717) is 29.9 Å². The van der Waals surface area contributed by atoms with Gasteiger partial charge in [0.2, 0.25) is 0 Å². The van der Waals surface area contributed by atoms with Gasteiger partial charge in [0.25, 0.3) is 0 Å². The van der Waals surface area contributed by atoms with E-state index in [1.165, 1.54) is 23.1 Å². The zero-order valence-electron chi connectivity index (χ0n) is 25.3. The third kappa shape index (κ3) is 9.25. The van der Waals surface area contributed by atoms with Crippen molar-refractivity contribution in [1.82, 2.24) is 14.5 Å². The van der Waals surface area contributed by atoms with Gasteiger partial charge in [0.05, 0.1) is 35.6 Å². The fourth-order valence-corrected chi connectivity index (χ4v) is 5.74. The Morgan fingerprint density at radius 2 is 1.78 bits per heavy atom. The molecule has 0 radical (unpaired) electrons. The number of carbonyl (C=O) groups excluding carboxylic acids is 1. The molecule has 4 aromatic rings. The molecule has 0 amide bonds. The standard InChI is InChI=1S/C34H34BrF3N6OS/c1-22(2)15-29(31(45)16-28-18-41-21-43(28)19-24-9-7-23(17-39)8-10-24)32(40)44(33(46)42-27-13-11-26(35)12-14-27)20-25-5-3-4-6-30(25)34(36,37)38/h3-14,18,21-22,29,32H,15-16,19-20,40H2,1-2H3,(H,42,46)/t29-,32?/m1/s1. The first-order chi connectivity index (χ1) is 21.8. The first-order valence-electron chi connectivity index (χ1n) is 14.6. The summed E-state index contributed by atoms with van der Waals surface area (Å²) in [7, 11) is 0. The smallest absolute Gasteiger partial charge is 0.333 e. The van der Waals surface area contributed by atoms with Crippen LogP contribution in [0.25, 0.3) is 0 Å². The van der Waals surface area contributed by atoms with Gasteiger partial charge >= 0.3 is 6.18 Å². The molecule has 0 fully saturated rings. The van der Waals surface area contributed by atoms with E-state index in [-0.39, 0.29) is 35.3 Å². The van der Waals surface area contributed by atoms with E-state index in [0.717, 1.165) is 16.1 Å². The third-order valence-electron chi connectivity index (χ3n) is 7.52. The maximum Gasteiger partial charge on any atom is 0.416 e. The summed E-state index contributed by atoms with van der Waals surface area (Å²) >= 11 is 9.14. The number of nitrogens with one attached hydrogen (secondary N) is 1. The number of benzene rings is 3. The van der Waals surface area contributed by atoms with E-state index in [9.17, 15) is 18.0 Å². The van der Waals surface area contributed by atoms with Gasteiger partial charge in [0.1, 0.15) is 5.78 Å². The highest BCUT2D eigenvalue weighted by Gasteiger charge is 2.36. The number of hydrogen-bond donors (Lipinski definition) is 2. The lowest BCUT2D eigenvalue weighted by Gasteiger charge is -2.37. The maximum atomic E-state index is 14.0. The summed E-state index contributed by atoms with van der Waals surface area (Å²) in [5, 5.41) is 12.3. The molecule has 0 saturated carbocycles. The number of Topliss-reactive ketones (excluding diaryl/α,β-unsaturated/α-hetero) is 1. The van der Waals surface area contributed by atoms with Crippen LogP contribution in [0.2, 0.25) is 0 Å². The fourth-order valence-electron chi connectivity index (χ4n) is 5.17. The number of aromatic nitrogens is 2. The van der Waals surface area contributed by atoms with Crippen molar-refractivity contribution >= 4 is 44.7 Å². The maximum absolute atomic E-state index is 14.0. The third-order valence-corrected chi connectivity index (χ3v) is 8.39. The lowest BCUT2D eigenvalue weighted by atomic mass is 9.88. The van der Waals surface area contributed by atoms with Crippen molar-refractivity contribution in [2.75, 3.05) is 5.32 Å². The minimum Gasteiger partial charge on any atom is -0.333 e. The number of halogens is 4. The van der Waals surface area contributed by atoms with Gasteiger partial charge in [0.15, 0.2) is 5.11 Å². The molecular formula is C34H34BrF3N6OS. The van der Waals surface area contributed by atoms with Crippen molar-refractivity contribution < 1.29 is 18.0 Å². The second kappa shape index (κ2) is 15.5. The number of nitrogens with zero attached hydrogens (tertiary/aromatic N) is 4. The lowest BCUT2D eigenvalue weighted by Crippen LogP contribution is -2.53. The molecule has 0 spiro atoms. The predicted molar refractivity (Wildman–Crippen MR) is 179 cm³/mol. The van der Waals surface area contributed by atoms with E-state index in [1.54, 1.807) is 48.9 Å². The van der Waals surface area contributed by atoms with Crippen LogP contribution in [0.15, 0.2) is 89.8 Å². The molecule has 46 heavy (non-hydrogen) atoms. The van der Waals surface area contributed by atoms with Crippen LogP contribution < -0.4 is 11.1 Å². The molecule has 4 rings (SSSR count). The molecular weight excluding hydrogens is 677 g/mol. The van der Waals surface area contributed by atoms with E-state index in [4.69, 9.17) is 23.2 Å². The monoisotopic (exact) mass is 710 g/mol. The lowest BCUT2D eigenvalue weighted by molar-refractivity contribution is -0.138. The first kappa shape index (κ1) is 34.8. The molecule has 0 aliphatic heterocycles. The Labute approximate surface area is 280 Å². The van der Waals surface area contributed by atoms with Crippen molar-refractivity contribution in [1.29, 1.82) is 5.26 Å². The normalized spacial score (nSPS) is 12.8. The molecule has 2 atom stereocenters. The zero-order valence-corrected chi connectivity index (χ0v) is 27.7. The van der Waals surface area contributed by atoms with Crippen LogP contribution in [0.4, 0.5) is 18.9 Å². The minimum absolute atomic E-state index is 0.0124. The van der Waals surface area contributed by atoms with Crippen LogP contribution in [-0.2, 0) is 30.5 Å². The Balaban J connectivity index is 1.64. The van der Waals surface area contributed by atoms with Crippen LogP contribution in [0.5, 0.6) is 0 Å². The highest BCUT2D eigenvalue weighted by atomic mass is 79.9. The summed E-state index contributed by atoms with van der Waals surface area (Å²) in [6.45, 7) is 4.10. The SMILES string of the molecule is CC(C)C[C@H](C(=O)Cc1cncn1Cc1ccc(C#N)cc1)C(N)N(Cc1ccccc1C(F)(F)F)C(=S)Nc1ccc(Br)cc1. The number of nitriles is 1. The number of thiocarbonyl (C=S) groups is 1.